The number of hydrogen-bond acceptors (Lipinski definition) is 3. The molecule has 2 aromatic rings. The van der Waals surface area contributed by atoms with Crippen molar-refractivity contribution in [1.29, 1.82) is 0 Å². The van der Waals surface area contributed by atoms with Crippen molar-refractivity contribution in [3.05, 3.63) is 59.7 Å². The van der Waals surface area contributed by atoms with Gasteiger partial charge >= 0.3 is 5.97 Å². The summed E-state index contributed by atoms with van der Waals surface area (Å²) in [5.74, 6) is -0.236. The summed E-state index contributed by atoms with van der Waals surface area (Å²) in [6.45, 7) is 2.45. The van der Waals surface area contributed by atoms with Crippen molar-refractivity contribution in [1.82, 2.24) is 0 Å². The van der Waals surface area contributed by atoms with Crippen LogP contribution >= 0.6 is 0 Å². The topological polar surface area (TPSA) is 35.5 Å². The minimum absolute atomic E-state index is 0.236. The number of ether oxygens (including phenoxy) is 2. The van der Waals surface area contributed by atoms with E-state index in [-0.39, 0.29) is 5.97 Å². The second-order valence-corrected chi connectivity index (χ2v) is 4.88. The van der Waals surface area contributed by atoms with E-state index in [9.17, 15) is 4.79 Å². The molecule has 0 aliphatic heterocycles. The van der Waals surface area contributed by atoms with Crippen LogP contribution in [0.2, 0.25) is 0 Å². The maximum absolute atomic E-state index is 10.7. The number of rotatable bonds is 6. The summed E-state index contributed by atoms with van der Waals surface area (Å²) in [6, 6.07) is 16.6. The number of carbonyl (C=O) groups is 1. The van der Waals surface area contributed by atoms with Crippen molar-refractivity contribution in [3.63, 3.8) is 0 Å². The standard InChI is InChI=1S/C18H20O3/c1-14(19)21-12-11-15-7-9-16(10-8-15)18-6-4-3-5-17(18)13-20-2/h3-10H,11-13H2,1-2H3. The van der Waals surface area contributed by atoms with Crippen LogP contribution in [0.1, 0.15) is 18.1 Å². The molecule has 0 heterocycles. The highest BCUT2D eigenvalue weighted by molar-refractivity contribution is 5.67. The lowest BCUT2D eigenvalue weighted by Gasteiger charge is -2.10. The monoisotopic (exact) mass is 284 g/mol. The Bertz CT molecular complexity index is 588. The van der Waals surface area contributed by atoms with Gasteiger partial charge in [-0.15, -0.1) is 0 Å². The van der Waals surface area contributed by atoms with Gasteiger partial charge < -0.3 is 9.47 Å². The van der Waals surface area contributed by atoms with Gasteiger partial charge in [-0.2, -0.15) is 0 Å². The Morgan fingerprint density at radius 3 is 2.43 bits per heavy atom. The van der Waals surface area contributed by atoms with Crippen LogP contribution < -0.4 is 0 Å². The third-order valence-corrected chi connectivity index (χ3v) is 3.28. The first kappa shape index (κ1) is 15.3. The highest BCUT2D eigenvalue weighted by Gasteiger charge is 2.04. The first-order valence-corrected chi connectivity index (χ1v) is 7.00. The molecular weight excluding hydrogens is 264 g/mol. The summed E-state index contributed by atoms with van der Waals surface area (Å²) < 4.78 is 10.2. The van der Waals surface area contributed by atoms with E-state index in [0.717, 1.165) is 12.0 Å². The highest BCUT2D eigenvalue weighted by Crippen LogP contribution is 2.24. The molecule has 0 amide bonds. The molecule has 0 fully saturated rings. The van der Waals surface area contributed by atoms with E-state index in [2.05, 4.69) is 36.4 Å². The molecule has 3 nitrogen and oxygen atoms in total. The molecule has 0 saturated carbocycles. The summed E-state index contributed by atoms with van der Waals surface area (Å²) in [4.78, 5) is 10.7. The van der Waals surface area contributed by atoms with Gasteiger partial charge in [0.1, 0.15) is 0 Å². The fourth-order valence-electron chi connectivity index (χ4n) is 2.25. The summed E-state index contributed by atoms with van der Waals surface area (Å²) >= 11 is 0. The molecule has 0 N–H and O–H groups in total. The zero-order valence-electron chi connectivity index (χ0n) is 12.5. The van der Waals surface area contributed by atoms with E-state index in [1.807, 2.05) is 12.1 Å². The second-order valence-electron chi connectivity index (χ2n) is 4.88. The lowest BCUT2D eigenvalue weighted by molar-refractivity contribution is -0.140. The summed E-state index contributed by atoms with van der Waals surface area (Å²) in [7, 11) is 1.70. The highest BCUT2D eigenvalue weighted by atomic mass is 16.5. The smallest absolute Gasteiger partial charge is 0.302 e. The van der Waals surface area contributed by atoms with Gasteiger partial charge in [0, 0.05) is 20.5 Å². The predicted octanol–water partition coefficient (Wildman–Crippen LogP) is 3.61. The molecule has 0 bridgehead atoms. The SMILES string of the molecule is COCc1ccccc1-c1ccc(CCOC(C)=O)cc1. The third kappa shape index (κ3) is 4.43. The maximum Gasteiger partial charge on any atom is 0.302 e. The van der Waals surface area contributed by atoms with E-state index in [4.69, 9.17) is 9.47 Å². The zero-order chi connectivity index (χ0) is 15.1. The normalized spacial score (nSPS) is 10.4. The number of benzene rings is 2. The summed E-state index contributed by atoms with van der Waals surface area (Å²) in [5, 5.41) is 0. The van der Waals surface area contributed by atoms with E-state index in [0.29, 0.717) is 13.2 Å². The first-order chi connectivity index (χ1) is 10.2. The van der Waals surface area contributed by atoms with Crippen LogP contribution in [0.25, 0.3) is 11.1 Å². The van der Waals surface area contributed by atoms with E-state index in [1.54, 1.807) is 7.11 Å². The van der Waals surface area contributed by atoms with Crippen LogP contribution in [0.15, 0.2) is 48.5 Å². The number of esters is 1. The average molecular weight is 284 g/mol. The third-order valence-electron chi connectivity index (χ3n) is 3.28. The van der Waals surface area contributed by atoms with Crippen LogP contribution in [0.3, 0.4) is 0 Å². The van der Waals surface area contributed by atoms with Crippen molar-refractivity contribution in [2.24, 2.45) is 0 Å². The second kappa shape index (κ2) is 7.60. The molecule has 0 spiro atoms. The van der Waals surface area contributed by atoms with Crippen molar-refractivity contribution in [2.75, 3.05) is 13.7 Å². The lowest BCUT2D eigenvalue weighted by atomic mass is 9.98. The number of methoxy groups -OCH3 is 1. The van der Waals surface area contributed by atoms with Gasteiger partial charge in [-0.3, -0.25) is 4.79 Å². The maximum atomic E-state index is 10.7. The predicted molar refractivity (Wildman–Crippen MR) is 82.9 cm³/mol. The van der Waals surface area contributed by atoms with Gasteiger partial charge in [-0.05, 0) is 22.3 Å². The fraction of sp³-hybridized carbons (Fsp3) is 0.278. The molecule has 3 heteroatoms. The Balaban J connectivity index is 2.10. The quantitative estimate of drug-likeness (QED) is 0.760. The van der Waals surface area contributed by atoms with Crippen LogP contribution in [-0.2, 0) is 27.3 Å². The van der Waals surface area contributed by atoms with Crippen molar-refractivity contribution < 1.29 is 14.3 Å². The molecule has 0 unspecified atom stereocenters. The van der Waals surface area contributed by atoms with Gasteiger partial charge in [0.2, 0.25) is 0 Å². The Morgan fingerprint density at radius 2 is 1.76 bits per heavy atom. The van der Waals surface area contributed by atoms with Gasteiger partial charge in [-0.1, -0.05) is 48.5 Å². The van der Waals surface area contributed by atoms with Gasteiger partial charge in [-0.25, -0.2) is 0 Å². The van der Waals surface area contributed by atoms with E-state index >= 15 is 0 Å². The molecule has 0 aromatic heterocycles. The lowest BCUT2D eigenvalue weighted by Crippen LogP contribution is -2.03. The number of carbonyl (C=O) groups excluding carboxylic acids is 1. The molecule has 0 aliphatic rings. The largest absolute Gasteiger partial charge is 0.466 e. The molecule has 2 rings (SSSR count). The molecule has 2 aromatic carbocycles. The Hall–Kier alpha value is -2.13. The van der Waals surface area contributed by atoms with Crippen LogP contribution in [0, 0.1) is 0 Å². The Labute approximate surface area is 125 Å². The molecular formula is C18H20O3. The molecule has 0 radical (unpaired) electrons. The van der Waals surface area contributed by atoms with E-state index < -0.39 is 0 Å². The van der Waals surface area contributed by atoms with Crippen molar-refractivity contribution >= 4 is 5.97 Å². The molecule has 0 saturated heterocycles. The minimum Gasteiger partial charge on any atom is -0.466 e. The molecule has 110 valence electrons. The summed E-state index contributed by atoms with van der Waals surface area (Å²) in [6.07, 6.45) is 0.736. The minimum atomic E-state index is -0.236. The van der Waals surface area contributed by atoms with Gasteiger partial charge in [0.05, 0.1) is 13.2 Å². The van der Waals surface area contributed by atoms with Gasteiger partial charge in [0.25, 0.3) is 0 Å². The zero-order valence-corrected chi connectivity index (χ0v) is 12.5. The molecule has 0 aliphatic carbocycles. The fourth-order valence-corrected chi connectivity index (χ4v) is 2.25. The van der Waals surface area contributed by atoms with Crippen molar-refractivity contribution in [3.8, 4) is 11.1 Å². The molecule has 21 heavy (non-hydrogen) atoms. The Morgan fingerprint density at radius 1 is 1.05 bits per heavy atom. The van der Waals surface area contributed by atoms with Crippen LogP contribution in [0.5, 0.6) is 0 Å². The Kier molecular flexibility index (Phi) is 5.52. The number of hydrogen-bond donors (Lipinski definition) is 0. The summed E-state index contributed by atoms with van der Waals surface area (Å²) in [5.41, 5.74) is 4.68. The van der Waals surface area contributed by atoms with Crippen LogP contribution in [0.4, 0.5) is 0 Å². The average Bonchev–Trinajstić information content (AvgIpc) is 2.49. The van der Waals surface area contributed by atoms with Crippen LogP contribution in [-0.4, -0.2) is 19.7 Å². The first-order valence-electron chi connectivity index (χ1n) is 7.00. The van der Waals surface area contributed by atoms with Gasteiger partial charge in [0.15, 0.2) is 0 Å². The molecule has 0 atom stereocenters. The van der Waals surface area contributed by atoms with E-state index in [1.165, 1.54) is 23.6 Å². The van der Waals surface area contributed by atoms with Crippen molar-refractivity contribution in [2.45, 2.75) is 20.0 Å².